The lowest BCUT2D eigenvalue weighted by Crippen LogP contribution is -2.26. The summed E-state index contributed by atoms with van der Waals surface area (Å²) in [6, 6.07) is 5.51. The zero-order valence-corrected chi connectivity index (χ0v) is 14.4. The van der Waals surface area contributed by atoms with Gasteiger partial charge in [0.1, 0.15) is 0 Å². The summed E-state index contributed by atoms with van der Waals surface area (Å²) >= 11 is 6.80. The van der Waals surface area contributed by atoms with Crippen LogP contribution >= 0.6 is 42.5 Å². The largest absolute Gasteiger partial charge is 0.310 e. The number of hydrogen-bond acceptors (Lipinski definition) is 3. The standard InChI is InChI=1S/C11H10Br2ClNO3S/c12-8-2-1-3-9(13)11(8)15-5-7(4-10(15)16)6-19(14,17)18/h1-3,7H,4-6H2. The van der Waals surface area contributed by atoms with Crippen LogP contribution in [-0.4, -0.2) is 26.6 Å². The molecule has 2 rings (SSSR count). The molecule has 8 heteroatoms. The molecule has 1 aromatic rings. The molecule has 4 nitrogen and oxygen atoms in total. The molecule has 1 amide bonds. The van der Waals surface area contributed by atoms with Gasteiger partial charge in [-0.05, 0) is 44.0 Å². The number of para-hydroxylation sites is 1. The molecule has 19 heavy (non-hydrogen) atoms. The van der Waals surface area contributed by atoms with Crippen molar-refractivity contribution in [1.29, 1.82) is 0 Å². The number of hydrogen-bond donors (Lipinski definition) is 0. The van der Waals surface area contributed by atoms with Crippen LogP contribution < -0.4 is 4.90 Å². The molecule has 1 saturated heterocycles. The Labute approximate surface area is 132 Å². The topological polar surface area (TPSA) is 54.5 Å². The van der Waals surface area contributed by atoms with Gasteiger partial charge in [-0.25, -0.2) is 8.42 Å². The second kappa shape index (κ2) is 5.71. The SMILES string of the molecule is O=C1CC(CS(=O)(=O)Cl)CN1c1c(Br)cccc1Br. The molecule has 0 N–H and O–H groups in total. The molecule has 0 radical (unpaired) electrons. The van der Waals surface area contributed by atoms with Crippen LogP contribution in [0.5, 0.6) is 0 Å². The van der Waals surface area contributed by atoms with Crippen molar-refractivity contribution in [2.45, 2.75) is 6.42 Å². The predicted octanol–water partition coefficient (Wildman–Crippen LogP) is 3.13. The Morgan fingerprint density at radius 2 is 1.89 bits per heavy atom. The van der Waals surface area contributed by atoms with Crippen molar-refractivity contribution >= 4 is 63.2 Å². The molecule has 1 heterocycles. The molecule has 1 aliphatic heterocycles. The first-order valence-electron chi connectivity index (χ1n) is 5.44. The van der Waals surface area contributed by atoms with Crippen molar-refractivity contribution in [3.8, 4) is 0 Å². The van der Waals surface area contributed by atoms with Crippen LogP contribution in [0.4, 0.5) is 5.69 Å². The Balaban J connectivity index is 2.26. The predicted molar refractivity (Wildman–Crippen MR) is 81.9 cm³/mol. The van der Waals surface area contributed by atoms with E-state index in [1.165, 1.54) is 0 Å². The molecule has 1 aromatic carbocycles. The monoisotopic (exact) mass is 429 g/mol. The summed E-state index contributed by atoms with van der Waals surface area (Å²) in [5.41, 5.74) is 0.724. The molecule has 0 saturated carbocycles. The summed E-state index contributed by atoms with van der Waals surface area (Å²) in [6.07, 6.45) is 0.194. The fourth-order valence-corrected chi connectivity index (χ4v) is 4.89. The third-order valence-corrected chi connectivity index (χ3v) is 5.37. The Kier molecular flexibility index (Phi) is 4.59. The van der Waals surface area contributed by atoms with Crippen LogP contribution in [0.3, 0.4) is 0 Å². The summed E-state index contributed by atoms with van der Waals surface area (Å²) in [7, 11) is 1.65. The average molecular weight is 432 g/mol. The van der Waals surface area contributed by atoms with E-state index in [0.717, 1.165) is 14.6 Å². The number of benzene rings is 1. The van der Waals surface area contributed by atoms with Gasteiger partial charge in [0.25, 0.3) is 0 Å². The smallest absolute Gasteiger partial charge is 0.232 e. The Bertz CT molecular complexity index is 600. The van der Waals surface area contributed by atoms with E-state index >= 15 is 0 Å². The van der Waals surface area contributed by atoms with E-state index in [4.69, 9.17) is 10.7 Å². The highest BCUT2D eigenvalue weighted by Gasteiger charge is 2.34. The maximum atomic E-state index is 12.0. The second-order valence-electron chi connectivity index (χ2n) is 4.35. The zero-order chi connectivity index (χ0) is 14.2. The van der Waals surface area contributed by atoms with Gasteiger partial charge in [-0.15, -0.1) is 0 Å². The summed E-state index contributed by atoms with van der Waals surface area (Å²) in [5.74, 6) is -0.550. The first-order chi connectivity index (χ1) is 8.78. The van der Waals surface area contributed by atoms with Gasteiger partial charge < -0.3 is 4.90 Å². The number of carbonyl (C=O) groups excluding carboxylic acids is 1. The maximum Gasteiger partial charge on any atom is 0.232 e. The molecule has 1 unspecified atom stereocenters. The van der Waals surface area contributed by atoms with Crippen molar-refractivity contribution in [2.24, 2.45) is 5.92 Å². The van der Waals surface area contributed by atoms with Crippen molar-refractivity contribution in [1.82, 2.24) is 0 Å². The number of amides is 1. The number of anilines is 1. The highest BCUT2D eigenvalue weighted by Crippen LogP contribution is 2.37. The lowest BCUT2D eigenvalue weighted by atomic mass is 10.1. The van der Waals surface area contributed by atoms with E-state index < -0.39 is 9.05 Å². The van der Waals surface area contributed by atoms with E-state index in [1.54, 1.807) is 4.90 Å². The Morgan fingerprint density at radius 1 is 1.32 bits per heavy atom. The lowest BCUT2D eigenvalue weighted by molar-refractivity contribution is -0.117. The minimum absolute atomic E-state index is 0.0992. The first kappa shape index (κ1) is 15.3. The molecule has 0 bridgehead atoms. The Morgan fingerprint density at radius 3 is 2.42 bits per heavy atom. The molecule has 104 valence electrons. The van der Waals surface area contributed by atoms with Gasteiger partial charge in [0.05, 0.1) is 11.4 Å². The average Bonchev–Trinajstić information content (AvgIpc) is 2.56. The summed E-state index contributed by atoms with van der Waals surface area (Å²) in [6.45, 7) is 0.353. The van der Waals surface area contributed by atoms with E-state index in [0.29, 0.717) is 6.54 Å². The highest BCUT2D eigenvalue weighted by molar-refractivity contribution is 9.11. The Hall–Kier alpha value is -0.110. The lowest BCUT2D eigenvalue weighted by Gasteiger charge is -2.19. The summed E-state index contributed by atoms with van der Waals surface area (Å²) < 4.78 is 23.7. The van der Waals surface area contributed by atoms with Crippen molar-refractivity contribution in [3.63, 3.8) is 0 Å². The van der Waals surface area contributed by atoms with Gasteiger partial charge in [0.2, 0.25) is 15.0 Å². The summed E-state index contributed by atoms with van der Waals surface area (Å²) in [4.78, 5) is 13.6. The molecule has 1 aliphatic rings. The van der Waals surface area contributed by atoms with Gasteiger partial charge in [0, 0.05) is 38.5 Å². The van der Waals surface area contributed by atoms with E-state index in [2.05, 4.69) is 31.9 Å². The van der Waals surface area contributed by atoms with Crippen LogP contribution in [0.2, 0.25) is 0 Å². The number of halogens is 3. The minimum atomic E-state index is -3.59. The van der Waals surface area contributed by atoms with E-state index in [1.807, 2.05) is 18.2 Å². The fraction of sp³-hybridized carbons (Fsp3) is 0.364. The third-order valence-electron chi connectivity index (χ3n) is 2.85. The normalized spacial score (nSPS) is 20.1. The van der Waals surface area contributed by atoms with Gasteiger partial charge in [-0.2, -0.15) is 0 Å². The highest BCUT2D eigenvalue weighted by atomic mass is 79.9. The van der Waals surface area contributed by atoms with Crippen LogP contribution in [0.1, 0.15) is 6.42 Å². The maximum absolute atomic E-state index is 12.0. The van der Waals surface area contributed by atoms with Gasteiger partial charge in [-0.3, -0.25) is 4.79 Å². The molecular formula is C11H10Br2ClNO3S. The van der Waals surface area contributed by atoms with Crippen LogP contribution in [0.25, 0.3) is 0 Å². The number of rotatable bonds is 3. The number of carbonyl (C=O) groups is 1. The van der Waals surface area contributed by atoms with E-state index in [-0.39, 0.29) is 24.0 Å². The van der Waals surface area contributed by atoms with Crippen molar-refractivity contribution in [3.05, 3.63) is 27.1 Å². The van der Waals surface area contributed by atoms with Gasteiger partial charge in [-0.1, -0.05) is 6.07 Å². The molecule has 0 aliphatic carbocycles. The molecule has 0 spiro atoms. The van der Waals surface area contributed by atoms with Crippen LogP contribution in [-0.2, 0) is 13.8 Å². The molecule has 0 aromatic heterocycles. The fourth-order valence-electron chi connectivity index (χ4n) is 2.14. The van der Waals surface area contributed by atoms with Crippen LogP contribution in [0.15, 0.2) is 27.1 Å². The summed E-state index contributed by atoms with van der Waals surface area (Å²) in [5, 5.41) is 0. The molecular weight excluding hydrogens is 421 g/mol. The zero-order valence-electron chi connectivity index (χ0n) is 9.64. The third kappa shape index (κ3) is 3.71. The van der Waals surface area contributed by atoms with Crippen molar-refractivity contribution in [2.75, 3.05) is 17.2 Å². The first-order valence-corrected chi connectivity index (χ1v) is 9.51. The second-order valence-corrected chi connectivity index (χ2v) is 8.88. The van der Waals surface area contributed by atoms with Gasteiger partial charge in [0.15, 0.2) is 0 Å². The van der Waals surface area contributed by atoms with Crippen LogP contribution in [0, 0.1) is 5.92 Å². The van der Waals surface area contributed by atoms with Crippen molar-refractivity contribution < 1.29 is 13.2 Å². The minimum Gasteiger partial charge on any atom is -0.310 e. The molecule has 1 atom stereocenters. The molecule has 1 fully saturated rings. The van der Waals surface area contributed by atoms with E-state index in [9.17, 15) is 13.2 Å². The quantitative estimate of drug-likeness (QED) is 0.691. The number of nitrogens with zero attached hydrogens (tertiary/aromatic N) is 1. The van der Waals surface area contributed by atoms with Gasteiger partial charge >= 0.3 is 0 Å².